The zero-order chi connectivity index (χ0) is 18.0. The van der Waals surface area contributed by atoms with Crippen LogP contribution in [-0.4, -0.2) is 28.6 Å². The lowest BCUT2D eigenvalue weighted by Gasteiger charge is -2.57. The Morgan fingerprint density at radius 1 is 1.04 bits per heavy atom. The summed E-state index contributed by atoms with van der Waals surface area (Å²) in [5.74, 6) is 2.67. The Kier molecular flexibility index (Phi) is 4.35. The fourth-order valence-electron chi connectivity index (χ4n) is 7.78. The number of rotatable bonds is 2. The van der Waals surface area contributed by atoms with Gasteiger partial charge in [0.2, 0.25) is 0 Å². The molecule has 0 spiro atoms. The van der Waals surface area contributed by atoms with Crippen LogP contribution in [0.1, 0.15) is 65.2 Å². The first-order chi connectivity index (χ1) is 11.8. The van der Waals surface area contributed by atoms with Gasteiger partial charge in [0.25, 0.3) is 0 Å². The third-order valence-electron chi connectivity index (χ3n) is 8.94. The Hall–Kier alpha value is -0.410. The summed E-state index contributed by atoms with van der Waals surface area (Å²) in [5.41, 5.74) is 0.523. The van der Waals surface area contributed by atoms with Crippen LogP contribution in [0.25, 0.3) is 0 Å². The summed E-state index contributed by atoms with van der Waals surface area (Å²) in [7, 11) is 0. The van der Waals surface area contributed by atoms with Crippen LogP contribution >= 0.6 is 0 Å². The van der Waals surface area contributed by atoms with Crippen LogP contribution in [0.3, 0.4) is 0 Å². The molecular formula is C22H35FO2. The number of hydrogen-bond acceptors (Lipinski definition) is 2. The van der Waals surface area contributed by atoms with E-state index in [4.69, 9.17) is 0 Å². The van der Waals surface area contributed by atoms with Crippen molar-refractivity contribution >= 4 is 0 Å². The quantitative estimate of drug-likeness (QED) is 0.720. The van der Waals surface area contributed by atoms with Crippen LogP contribution in [0.15, 0.2) is 12.2 Å². The van der Waals surface area contributed by atoms with Crippen LogP contribution < -0.4 is 0 Å². The molecule has 2 nitrogen and oxygen atoms in total. The van der Waals surface area contributed by atoms with Crippen molar-refractivity contribution < 1.29 is 14.6 Å². The number of hydrogen-bond donors (Lipinski definition) is 2. The second-order valence-corrected chi connectivity index (χ2v) is 10.2. The average Bonchev–Trinajstić information content (AvgIpc) is 2.91. The van der Waals surface area contributed by atoms with Gasteiger partial charge in [0.1, 0.15) is 6.17 Å². The normalized spacial score (nSPS) is 55.2. The molecule has 3 heteroatoms. The molecule has 2 N–H and O–H groups in total. The van der Waals surface area contributed by atoms with Crippen molar-refractivity contribution in [1.29, 1.82) is 0 Å². The Balaban J connectivity index is 1.58. The maximum atomic E-state index is 15.2. The molecule has 0 heterocycles. The van der Waals surface area contributed by atoms with Crippen molar-refractivity contribution in [2.75, 3.05) is 6.61 Å². The van der Waals surface area contributed by atoms with Crippen molar-refractivity contribution in [2.24, 2.45) is 40.9 Å². The van der Waals surface area contributed by atoms with E-state index in [0.29, 0.717) is 42.4 Å². The van der Waals surface area contributed by atoms with E-state index in [1.54, 1.807) is 0 Å². The molecule has 25 heavy (non-hydrogen) atoms. The minimum Gasteiger partial charge on any atom is -0.392 e. The molecule has 0 aromatic heterocycles. The molecule has 0 saturated heterocycles. The van der Waals surface area contributed by atoms with Crippen molar-refractivity contribution in [3.05, 3.63) is 12.2 Å². The molecule has 0 bridgehead atoms. The summed E-state index contributed by atoms with van der Waals surface area (Å²) in [6.45, 7) is 8.51. The van der Waals surface area contributed by atoms with Crippen molar-refractivity contribution in [3.63, 3.8) is 0 Å². The second-order valence-electron chi connectivity index (χ2n) is 10.2. The molecule has 0 amide bonds. The maximum absolute atomic E-state index is 15.2. The van der Waals surface area contributed by atoms with Gasteiger partial charge in [0, 0.05) is 0 Å². The first kappa shape index (κ1) is 18.0. The van der Waals surface area contributed by atoms with E-state index in [0.717, 1.165) is 24.8 Å². The van der Waals surface area contributed by atoms with Crippen LogP contribution in [0.4, 0.5) is 4.39 Å². The molecule has 4 saturated carbocycles. The lowest BCUT2D eigenvalue weighted by molar-refractivity contribution is -0.125. The Bertz CT molecular complexity index is 544. The predicted molar refractivity (Wildman–Crippen MR) is 97.7 cm³/mol. The van der Waals surface area contributed by atoms with Gasteiger partial charge in [-0.3, -0.25) is 0 Å². The van der Waals surface area contributed by atoms with Gasteiger partial charge in [-0.1, -0.05) is 13.5 Å². The van der Waals surface area contributed by atoms with Gasteiger partial charge >= 0.3 is 0 Å². The predicted octanol–water partition coefficient (Wildman–Crippen LogP) is 4.50. The first-order valence-electron chi connectivity index (χ1n) is 10.4. The van der Waals surface area contributed by atoms with E-state index in [1.165, 1.54) is 19.3 Å². The molecule has 0 aromatic carbocycles. The van der Waals surface area contributed by atoms with Crippen molar-refractivity contribution in [1.82, 2.24) is 0 Å². The zero-order valence-corrected chi connectivity index (χ0v) is 15.9. The van der Waals surface area contributed by atoms with E-state index in [-0.39, 0.29) is 17.9 Å². The second kappa shape index (κ2) is 6.05. The van der Waals surface area contributed by atoms with Crippen molar-refractivity contribution in [2.45, 2.75) is 77.0 Å². The lowest BCUT2D eigenvalue weighted by Crippen LogP contribution is -2.54. The molecule has 142 valence electrons. The number of aliphatic hydroxyl groups is 2. The van der Waals surface area contributed by atoms with Gasteiger partial charge in [-0.2, -0.15) is 0 Å². The molecule has 0 unspecified atom stereocenters. The fraction of sp³-hybridized carbons (Fsp3) is 0.909. The summed E-state index contributed by atoms with van der Waals surface area (Å²) >= 11 is 0. The largest absolute Gasteiger partial charge is 0.392 e. The summed E-state index contributed by atoms with van der Waals surface area (Å²) in [6.07, 6.45) is 7.09. The number of alkyl halides is 1. The smallest absolute Gasteiger partial charge is 0.104 e. The highest BCUT2D eigenvalue weighted by molar-refractivity contribution is 5.16. The van der Waals surface area contributed by atoms with Crippen LogP contribution in [0.2, 0.25) is 0 Å². The van der Waals surface area contributed by atoms with Gasteiger partial charge in [0.05, 0.1) is 12.2 Å². The molecule has 0 aromatic rings. The highest BCUT2D eigenvalue weighted by Gasteiger charge is 2.59. The average molecular weight is 351 g/mol. The number of aliphatic hydroxyl groups excluding tert-OH is 1. The monoisotopic (exact) mass is 350 g/mol. The summed E-state index contributed by atoms with van der Waals surface area (Å²) < 4.78 is 15.2. The van der Waals surface area contributed by atoms with Crippen molar-refractivity contribution in [3.8, 4) is 0 Å². The SMILES string of the molecule is C=C(CO)[C@H]1CC[C@H]2[C@@H]3C[C@@H](F)[C@H]4C[C@](C)(O)CC[C@@H]4[C@H]3CC[C@]12C. The van der Waals surface area contributed by atoms with Crippen LogP contribution in [0.5, 0.6) is 0 Å². The number of halogens is 1. The van der Waals surface area contributed by atoms with Gasteiger partial charge in [-0.15, -0.1) is 0 Å². The standard InChI is InChI=1S/C22H35FO2/c1-13(12-24)18-4-5-19-16-10-20(23)17-11-21(2,25)8-6-15(17)14(16)7-9-22(18,19)3/h14-20,24-25H,1,4-12H2,2-3H3/t14-,15-,16-,17+,18-,19+,20-,21-,22-/m1/s1. The highest BCUT2D eigenvalue weighted by Crippen LogP contribution is 2.65. The fourth-order valence-corrected chi connectivity index (χ4v) is 7.78. The Morgan fingerprint density at radius 2 is 1.72 bits per heavy atom. The van der Waals surface area contributed by atoms with Crippen LogP contribution in [0, 0.1) is 40.9 Å². The van der Waals surface area contributed by atoms with E-state index in [9.17, 15) is 10.2 Å². The first-order valence-corrected chi connectivity index (χ1v) is 10.4. The van der Waals surface area contributed by atoms with Gasteiger partial charge in [0.15, 0.2) is 0 Å². The molecule has 0 radical (unpaired) electrons. The lowest BCUT2D eigenvalue weighted by atomic mass is 9.48. The Labute approximate surface area is 151 Å². The minimum absolute atomic E-state index is 0.0685. The molecule has 4 fully saturated rings. The van der Waals surface area contributed by atoms with E-state index in [1.807, 2.05) is 6.92 Å². The molecule has 4 aliphatic rings. The zero-order valence-electron chi connectivity index (χ0n) is 15.9. The maximum Gasteiger partial charge on any atom is 0.104 e. The molecule has 9 atom stereocenters. The van der Waals surface area contributed by atoms with E-state index >= 15 is 4.39 Å². The van der Waals surface area contributed by atoms with Gasteiger partial charge in [-0.05, 0) is 105 Å². The molecular weight excluding hydrogens is 315 g/mol. The third kappa shape index (κ3) is 2.72. The summed E-state index contributed by atoms with van der Waals surface area (Å²) in [4.78, 5) is 0. The van der Waals surface area contributed by atoms with Gasteiger partial charge < -0.3 is 10.2 Å². The number of fused-ring (bicyclic) bond motifs is 5. The molecule has 4 aliphatic carbocycles. The third-order valence-corrected chi connectivity index (χ3v) is 8.94. The Morgan fingerprint density at radius 3 is 2.44 bits per heavy atom. The van der Waals surface area contributed by atoms with Gasteiger partial charge in [-0.25, -0.2) is 4.39 Å². The highest BCUT2D eigenvalue weighted by atomic mass is 19.1. The van der Waals surface area contributed by atoms with Crippen LogP contribution in [-0.2, 0) is 0 Å². The summed E-state index contributed by atoms with van der Waals surface area (Å²) in [5, 5.41) is 20.0. The molecule has 0 aliphatic heterocycles. The van der Waals surface area contributed by atoms with E-state index in [2.05, 4.69) is 13.5 Å². The minimum atomic E-state index is -0.750. The molecule has 4 rings (SSSR count). The topological polar surface area (TPSA) is 40.5 Å². The summed E-state index contributed by atoms with van der Waals surface area (Å²) in [6, 6.07) is 0. The van der Waals surface area contributed by atoms with E-state index < -0.39 is 11.8 Å².